The van der Waals surface area contributed by atoms with E-state index in [1.807, 2.05) is 17.7 Å². The third-order valence-corrected chi connectivity index (χ3v) is 3.17. The molecule has 0 amide bonds. The Balaban J connectivity index is 1.99. The Labute approximate surface area is 113 Å². The smallest absolute Gasteiger partial charge is 0.145 e. The summed E-state index contributed by atoms with van der Waals surface area (Å²) in [4.78, 5) is 4.10. The van der Waals surface area contributed by atoms with Gasteiger partial charge in [0.25, 0.3) is 0 Å². The number of aromatic nitrogens is 2. The van der Waals surface area contributed by atoms with E-state index < -0.39 is 5.82 Å². The summed E-state index contributed by atoms with van der Waals surface area (Å²) in [7, 11) is 0. The summed E-state index contributed by atoms with van der Waals surface area (Å²) in [6.07, 6.45) is 3.59. The van der Waals surface area contributed by atoms with Crippen LogP contribution in [0.2, 0.25) is 0 Å². The number of hydrogen-bond acceptors (Lipinski definition) is 3. The van der Waals surface area contributed by atoms with Crippen LogP contribution in [0.1, 0.15) is 5.82 Å². The average molecular weight is 314 g/mol. The van der Waals surface area contributed by atoms with Gasteiger partial charge < -0.3 is 15.0 Å². The van der Waals surface area contributed by atoms with Gasteiger partial charge in [-0.05, 0) is 28.9 Å². The molecule has 0 saturated heterocycles. The Morgan fingerprint density at radius 1 is 1.50 bits per heavy atom. The van der Waals surface area contributed by atoms with E-state index in [0.717, 1.165) is 5.82 Å². The zero-order chi connectivity index (χ0) is 13.1. The monoisotopic (exact) mass is 313 g/mol. The fourth-order valence-corrected chi connectivity index (χ4v) is 1.92. The SMILES string of the molecule is Cc1nccn1CCOc1cc(F)c(Br)cc1N. The number of hydrogen-bond donors (Lipinski definition) is 1. The largest absolute Gasteiger partial charge is 0.489 e. The molecule has 0 aliphatic carbocycles. The number of nitrogens with zero attached hydrogens (tertiary/aromatic N) is 2. The molecule has 2 rings (SSSR count). The topological polar surface area (TPSA) is 53.1 Å². The summed E-state index contributed by atoms with van der Waals surface area (Å²) in [6, 6.07) is 2.77. The molecule has 2 N–H and O–H groups in total. The first-order valence-electron chi connectivity index (χ1n) is 5.43. The van der Waals surface area contributed by atoms with E-state index in [-0.39, 0.29) is 0 Å². The first kappa shape index (κ1) is 12.9. The second kappa shape index (κ2) is 5.39. The van der Waals surface area contributed by atoms with E-state index in [2.05, 4.69) is 20.9 Å². The molecule has 1 heterocycles. The normalized spacial score (nSPS) is 10.6. The predicted octanol–water partition coefficient (Wildman–Crippen LogP) is 2.75. The molecule has 1 aromatic heterocycles. The predicted molar refractivity (Wildman–Crippen MR) is 71.0 cm³/mol. The van der Waals surface area contributed by atoms with Crippen molar-refractivity contribution in [3.05, 3.63) is 40.6 Å². The molecule has 0 atom stereocenters. The van der Waals surface area contributed by atoms with Crippen LogP contribution in [0.3, 0.4) is 0 Å². The lowest BCUT2D eigenvalue weighted by atomic mass is 10.3. The maximum atomic E-state index is 13.3. The van der Waals surface area contributed by atoms with Gasteiger partial charge in [0.05, 0.1) is 16.7 Å². The molecular weight excluding hydrogens is 301 g/mol. The van der Waals surface area contributed by atoms with E-state index in [9.17, 15) is 4.39 Å². The minimum atomic E-state index is -0.391. The Bertz CT molecular complexity index is 556. The minimum Gasteiger partial charge on any atom is -0.489 e. The van der Waals surface area contributed by atoms with Crippen LogP contribution >= 0.6 is 15.9 Å². The van der Waals surface area contributed by atoms with Gasteiger partial charge in [-0.25, -0.2) is 9.37 Å². The second-order valence-electron chi connectivity index (χ2n) is 3.82. The van der Waals surface area contributed by atoms with Gasteiger partial charge in [-0.2, -0.15) is 0 Å². The molecule has 18 heavy (non-hydrogen) atoms. The van der Waals surface area contributed by atoms with Crippen molar-refractivity contribution in [2.75, 3.05) is 12.3 Å². The number of imidazole rings is 1. The summed E-state index contributed by atoms with van der Waals surface area (Å²) in [5.41, 5.74) is 6.15. The fourth-order valence-electron chi connectivity index (χ4n) is 1.56. The van der Waals surface area contributed by atoms with E-state index in [1.165, 1.54) is 12.1 Å². The van der Waals surface area contributed by atoms with Crippen molar-refractivity contribution < 1.29 is 9.13 Å². The van der Waals surface area contributed by atoms with Crippen molar-refractivity contribution >= 4 is 21.6 Å². The molecule has 6 heteroatoms. The number of benzene rings is 1. The maximum Gasteiger partial charge on any atom is 0.145 e. The van der Waals surface area contributed by atoms with Crippen LogP contribution in [0.15, 0.2) is 29.0 Å². The summed E-state index contributed by atoms with van der Waals surface area (Å²) in [6.45, 7) is 2.96. The van der Waals surface area contributed by atoms with E-state index in [4.69, 9.17) is 10.5 Å². The van der Waals surface area contributed by atoms with Crippen molar-refractivity contribution in [3.63, 3.8) is 0 Å². The molecule has 2 aromatic rings. The summed E-state index contributed by atoms with van der Waals surface area (Å²) >= 11 is 3.07. The number of anilines is 1. The van der Waals surface area contributed by atoms with Crippen LogP contribution in [0.4, 0.5) is 10.1 Å². The minimum absolute atomic E-state index is 0.331. The molecule has 4 nitrogen and oxygen atoms in total. The molecule has 0 spiro atoms. The van der Waals surface area contributed by atoms with Gasteiger partial charge in [-0.15, -0.1) is 0 Å². The van der Waals surface area contributed by atoms with Gasteiger partial charge in [0, 0.05) is 18.5 Å². The van der Waals surface area contributed by atoms with Gasteiger partial charge >= 0.3 is 0 Å². The number of nitrogen functional groups attached to an aromatic ring is 1. The lowest BCUT2D eigenvalue weighted by Gasteiger charge is -2.10. The van der Waals surface area contributed by atoms with Gasteiger partial charge in [-0.1, -0.05) is 0 Å². The highest BCUT2D eigenvalue weighted by Gasteiger charge is 2.07. The number of ether oxygens (including phenoxy) is 1. The molecule has 0 fully saturated rings. The second-order valence-corrected chi connectivity index (χ2v) is 4.67. The van der Waals surface area contributed by atoms with Crippen LogP contribution in [0, 0.1) is 12.7 Å². The maximum absolute atomic E-state index is 13.3. The molecule has 0 radical (unpaired) electrons. The quantitative estimate of drug-likeness (QED) is 0.883. The highest BCUT2D eigenvalue weighted by Crippen LogP contribution is 2.28. The number of nitrogens with two attached hydrogens (primary N) is 1. The van der Waals surface area contributed by atoms with Crippen molar-refractivity contribution in [1.29, 1.82) is 0 Å². The van der Waals surface area contributed by atoms with Crippen molar-refractivity contribution in [2.45, 2.75) is 13.5 Å². The van der Waals surface area contributed by atoms with E-state index in [1.54, 1.807) is 6.20 Å². The van der Waals surface area contributed by atoms with Gasteiger partial charge in [-0.3, -0.25) is 0 Å². The molecule has 0 aliphatic heterocycles. The van der Waals surface area contributed by atoms with Crippen LogP contribution in [0.5, 0.6) is 5.75 Å². The fraction of sp³-hybridized carbons (Fsp3) is 0.250. The van der Waals surface area contributed by atoms with Crippen LogP contribution in [-0.4, -0.2) is 16.2 Å². The molecule has 0 bridgehead atoms. The van der Waals surface area contributed by atoms with Gasteiger partial charge in [0.1, 0.15) is 24.0 Å². The summed E-state index contributed by atoms with van der Waals surface area (Å²) < 4.78 is 21.1. The first-order chi connectivity index (χ1) is 8.58. The standard InChI is InChI=1S/C12H13BrFN3O/c1-8-16-2-3-17(8)4-5-18-12-7-10(14)9(13)6-11(12)15/h2-3,6-7H,4-5,15H2,1H3. The average Bonchev–Trinajstić information content (AvgIpc) is 2.72. The zero-order valence-corrected chi connectivity index (χ0v) is 11.4. The van der Waals surface area contributed by atoms with Crippen LogP contribution in [-0.2, 0) is 6.54 Å². The molecular formula is C12H13BrFN3O. The van der Waals surface area contributed by atoms with Crippen molar-refractivity contribution in [2.24, 2.45) is 0 Å². The number of halogens is 2. The third kappa shape index (κ3) is 2.81. The molecule has 1 aromatic carbocycles. The van der Waals surface area contributed by atoms with E-state index >= 15 is 0 Å². The Morgan fingerprint density at radius 2 is 2.28 bits per heavy atom. The van der Waals surface area contributed by atoms with E-state index in [0.29, 0.717) is 29.1 Å². The first-order valence-corrected chi connectivity index (χ1v) is 6.22. The number of aryl methyl sites for hydroxylation is 1. The number of rotatable bonds is 4. The summed E-state index contributed by atoms with van der Waals surface area (Å²) in [5.74, 6) is 0.875. The lowest BCUT2D eigenvalue weighted by molar-refractivity contribution is 0.297. The molecule has 96 valence electrons. The molecule has 0 unspecified atom stereocenters. The highest BCUT2D eigenvalue weighted by molar-refractivity contribution is 9.10. The van der Waals surface area contributed by atoms with Gasteiger partial charge in [0.15, 0.2) is 0 Å². The van der Waals surface area contributed by atoms with Crippen LogP contribution < -0.4 is 10.5 Å². The van der Waals surface area contributed by atoms with Crippen molar-refractivity contribution in [1.82, 2.24) is 9.55 Å². The third-order valence-electron chi connectivity index (χ3n) is 2.57. The highest BCUT2D eigenvalue weighted by atomic mass is 79.9. The Kier molecular flexibility index (Phi) is 3.86. The lowest BCUT2D eigenvalue weighted by Crippen LogP contribution is -2.09. The Morgan fingerprint density at radius 3 is 2.94 bits per heavy atom. The molecule has 0 aliphatic rings. The van der Waals surface area contributed by atoms with Crippen molar-refractivity contribution in [3.8, 4) is 5.75 Å². The van der Waals surface area contributed by atoms with Gasteiger partial charge in [0.2, 0.25) is 0 Å². The van der Waals surface area contributed by atoms with Crippen LogP contribution in [0.25, 0.3) is 0 Å². The zero-order valence-electron chi connectivity index (χ0n) is 9.86. The molecule has 0 saturated carbocycles. The Hall–Kier alpha value is -1.56. The summed E-state index contributed by atoms with van der Waals surface area (Å²) in [5, 5.41) is 0.